The molecule has 0 spiro atoms. The molecule has 3 atom stereocenters. The first-order valence-corrected chi connectivity index (χ1v) is 10.9. The van der Waals surface area contributed by atoms with E-state index in [0.717, 1.165) is 44.9 Å². The molecule has 0 heterocycles. The molecular weight excluding hydrogens is 348 g/mol. The van der Waals surface area contributed by atoms with Gasteiger partial charge in [0.25, 0.3) is 0 Å². The predicted molar refractivity (Wildman–Crippen MR) is 106 cm³/mol. The third-order valence-electron chi connectivity index (χ3n) is 4.83. The predicted octanol–water partition coefficient (Wildman–Crippen LogP) is 3.43. The highest BCUT2D eigenvalue weighted by Crippen LogP contribution is 2.14. The minimum absolute atomic E-state index is 0.126. The molecule has 4 N–H and O–H groups in total. The first-order valence-electron chi connectivity index (χ1n) is 10.9. The quantitative estimate of drug-likeness (QED) is 0.153. The van der Waals surface area contributed by atoms with Crippen LogP contribution in [0.1, 0.15) is 103 Å². The Labute approximate surface area is 164 Å². The molecule has 0 aromatic rings. The zero-order valence-electron chi connectivity index (χ0n) is 17.2. The number of unbranched alkanes of at least 4 members (excludes halogenated alkanes) is 10. The third-order valence-corrected chi connectivity index (χ3v) is 4.83. The second-order valence-electron chi connectivity index (χ2n) is 7.50. The molecule has 0 aromatic heterocycles. The van der Waals surface area contributed by atoms with E-state index in [4.69, 9.17) is 10.2 Å². The van der Waals surface area contributed by atoms with Gasteiger partial charge in [0.05, 0.1) is 12.7 Å². The lowest BCUT2D eigenvalue weighted by Gasteiger charge is -2.15. The molecule has 3 unspecified atom stereocenters. The molecular formula is C21H42O6. The van der Waals surface area contributed by atoms with Gasteiger partial charge in [-0.15, -0.1) is 0 Å². The van der Waals surface area contributed by atoms with Gasteiger partial charge < -0.3 is 25.2 Å². The number of carbonyl (C=O) groups excluding carboxylic acids is 1. The molecule has 0 aliphatic rings. The maximum atomic E-state index is 11.4. The van der Waals surface area contributed by atoms with Crippen LogP contribution in [0.2, 0.25) is 0 Å². The van der Waals surface area contributed by atoms with Crippen molar-refractivity contribution in [2.24, 2.45) is 0 Å². The van der Waals surface area contributed by atoms with Crippen LogP contribution in [0.3, 0.4) is 0 Å². The first kappa shape index (κ1) is 26.3. The second kappa shape index (κ2) is 18.7. The number of esters is 1. The fraction of sp³-hybridized carbons (Fsp3) is 0.952. The highest BCUT2D eigenvalue weighted by Gasteiger charge is 2.19. The summed E-state index contributed by atoms with van der Waals surface area (Å²) >= 11 is 0. The first-order chi connectivity index (χ1) is 13.0. The van der Waals surface area contributed by atoms with Gasteiger partial charge >= 0.3 is 5.97 Å². The van der Waals surface area contributed by atoms with Crippen LogP contribution in [0.25, 0.3) is 0 Å². The van der Waals surface area contributed by atoms with E-state index in [0.29, 0.717) is 6.42 Å². The van der Waals surface area contributed by atoms with Gasteiger partial charge in [0.2, 0.25) is 6.29 Å². The molecule has 162 valence electrons. The SMILES string of the molecule is CCCCCCC(O)CCCCCCCCCCC(=O)OC(O)C(O)CO. The Balaban J connectivity index is 3.34. The van der Waals surface area contributed by atoms with Crippen molar-refractivity contribution in [2.45, 2.75) is 122 Å². The summed E-state index contributed by atoms with van der Waals surface area (Å²) in [6, 6.07) is 0. The van der Waals surface area contributed by atoms with Crippen LogP contribution in [-0.2, 0) is 9.53 Å². The Morgan fingerprint density at radius 3 is 1.78 bits per heavy atom. The lowest BCUT2D eigenvalue weighted by atomic mass is 10.0. The van der Waals surface area contributed by atoms with E-state index < -0.39 is 25.0 Å². The van der Waals surface area contributed by atoms with E-state index in [1.54, 1.807) is 0 Å². The van der Waals surface area contributed by atoms with Crippen molar-refractivity contribution in [3.63, 3.8) is 0 Å². The molecule has 6 heteroatoms. The monoisotopic (exact) mass is 390 g/mol. The standard InChI is InChI=1S/C21H42O6/c1-2-3-4-11-14-18(23)15-12-9-7-5-6-8-10-13-16-20(25)27-21(26)19(24)17-22/h18-19,21-24,26H,2-17H2,1H3. The fourth-order valence-corrected chi connectivity index (χ4v) is 3.02. The number of carbonyl (C=O) groups is 1. The van der Waals surface area contributed by atoms with Gasteiger partial charge in [-0.2, -0.15) is 0 Å². The molecule has 0 saturated heterocycles. The summed E-state index contributed by atoms with van der Waals surface area (Å²) in [5, 5.41) is 36.9. The van der Waals surface area contributed by atoms with Crippen LogP contribution in [0.15, 0.2) is 0 Å². The maximum absolute atomic E-state index is 11.4. The topological polar surface area (TPSA) is 107 Å². The summed E-state index contributed by atoms with van der Waals surface area (Å²) in [7, 11) is 0. The van der Waals surface area contributed by atoms with Crippen molar-refractivity contribution < 1.29 is 30.0 Å². The van der Waals surface area contributed by atoms with E-state index in [1.165, 1.54) is 38.5 Å². The Kier molecular flexibility index (Phi) is 18.2. The summed E-state index contributed by atoms with van der Waals surface area (Å²) in [5.74, 6) is -0.553. The molecule has 0 bridgehead atoms. The number of aliphatic hydroxyl groups is 4. The summed E-state index contributed by atoms with van der Waals surface area (Å²) in [5.41, 5.74) is 0. The molecule has 0 amide bonds. The van der Waals surface area contributed by atoms with Crippen molar-refractivity contribution in [1.82, 2.24) is 0 Å². The molecule has 0 fully saturated rings. The highest BCUT2D eigenvalue weighted by atomic mass is 16.6. The molecule has 0 aliphatic carbocycles. The molecule has 0 rings (SSSR count). The second-order valence-corrected chi connectivity index (χ2v) is 7.50. The number of hydrogen-bond donors (Lipinski definition) is 4. The van der Waals surface area contributed by atoms with Crippen LogP contribution in [0, 0.1) is 0 Å². The Bertz CT molecular complexity index is 337. The largest absolute Gasteiger partial charge is 0.433 e. The van der Waals surface area contributed by atoms with Gasteiger partial charge in [-0.3, -0.25) is 4.79 Å². The Morgan fingerprint density at radius 1 is 0.778 bits per heavy atom. The average Bonchev–Trinajstić information content (AvgIpc) is 2.65. The van der Waals surface area contributed by atoms with Crippen LogP contribution < -0.4 is 0 Å². The van der Waals surface area contributed by atoms with E-state index in [-0.39, 0.29) is 12.5 Å². The number of aliphatic hydroxyl groups excluding tert-OH is 4. The van der Waals surface area contributed by atoms with Crippen LogP contribution in [0.4, 0.5) is 0 Å². The summed E-state index contributed by atoms with van der Waals surface area (Å²) in [4.78, 5) is 11.4. The summed E-state index contributed by atoms with van der Waals surface area (Å²) in [6.45, 7) is 1.55. The smallest absolute Gasteiger partial charge is 0.308 e. The number of hydrogen-bond acceptors (Lipinski definition) is 6. The molecule has 0 saturated carbocycles. The minimum Gasteiger partial charge on any atom is -0.433 e. The van der Waals surface area contributed by atoms with Gasteiger partial charge in [-0.25, -0.2) is 0 Å². The average molecular weight is 391 g/mol. The number of ether oxygens (including phenoxy) is 1. The van der Waals surface area contributed by atoms with Crippen molar-refractivity contribution in [3.8, 4) is 0 Å². The third kappa shape index (κ3) is 17.2. The van der Waals surface area contributed by atoms with Crippen LogP contribution in [-0.4, -0.2) is 51.5 Å². The van der Waals surface area contributed by atoms with Crippen molar-refractivity contribution in [1.29, 1.82) is 0 Å². The van der Waals surface area contributed by atoms with E-state index in [9.17, 15) is 15.0 Å². The zero-order valence-corrected chi connectivity index (χ0v) is 17.2. The summed E-state index contributed by atoms with van der Waals surface area (Å²) < 4.78 is 4.62. The molecule has 0 radical (unpaired) electrons. The van der Waals surface area contributed by atoms with Gasteiger partial charge in [0.15, 0.2) is 0 Å². The number of rotatable bonds is 19. The minimum atomic E-state index is -1.66. The molecule has 0 aliphatic heterocycles. The van der Waals surface area contributed by atoms with E-state index in [2.05, 4.69) is 11.7 Å². The van der Waals surface area contributed by atoms with Crippen molar-refractivity contribution in [3.05, 3.63) is 0 Å². The lowest BCUT2D eigenvalue weighted by molar-refractivity contribution is -0.190. The molecule has 0 aromatic carbocycles. The van der Waals surface area contributed by atoms with Crippen molar-refractivity contribution in [2.75, 3.05) is 6.61 Å². The Morgan fingerprint density at radius 2 is 1.26 bits per heavy atom. The Hall–Kier alpha value is -0.690. The van der Waals surface area contributed by atoms with E-state index in [1.807, 2.05) is 0 Å². The van der Waals surface area contributed by atoms with E-state index >= 15 is 0 Å². The maximum Gasteiger partial charge on any atom is 0.308 e. The fourth-order valence-electron chi connectivity index (χ4n) is 3.02. The lowest BCUT2D eigenvalue weighted by Crippen LogP contribution is -2.33. The van der Waals surface area contributed by atoms with Crippen LogP contribution in [0.5, 0.6) is 0 Å². The van der Waals surface area contributed by atoms with Gasteiger partial charge in [-0.1, -0.05) is 77.6 Å². The van der Waals surface area contributed by atoms with Crippen LogP contribution >= 0.6 is 0 Å². The summed E-state index contributed by atoms with van der Waals surface area (Å²) in [6.07, 6.45) is 12.2. The zero-order chi connectivity index (χ0) is 20.3. The molecule has 6 nitrogen and oxygen atoms in total. The molecule has 27 heavy (non-hydrogen) atoms. The van der Waals surface area contributed by atoms with Gasteiger partial charge in [0, 0.05) is 6.42 Å². The van der Waals surface area contributed by atoms with Gasteiger partial charge in [-0.05, 0) is 19.3 Å². The highest BCUT2D eigenvalue weighted by molar-refractivity contribution is 5.69. The van der Waals surface area contributed by atoms with Crippen molar-refractivity contribution >= 4 is 5.97 Å². The normalized spacial score (nSPS) is 14.7. The van der Waals surface area contributed by atoms with Gasteiger partial charge in [0.1, 0.15) is 6.10 Å².